The molecule has 4 rings (SSSR count). The standard InChI is InChI=1S/C23H26FN3O2/c1-28-20-7-8-21(22(24)13-20)23-18(15-25-14-17-9-11-29-12-10-17)16-27(26-23)19-5-3-2-4-6-19/h2-8,13,16-17,25H,9-12,14-15H2,1H3. The minimum atomic E-state index is -0.339. The van der Waals surface area contributed by atoms with Gasteiger partial charge < -0.3 is 14.8 Å². The fourth-order valence-corrected chi connectivity index (χ4v) is 3.66. The highest BCUT2D eigenvalue weighted by atomic mass is 19.1. The average Bonchev–Trinajstić information content (AvgIpc) is 3.19. The summed E-state index contributed by atoms with van der Waals surface area (Å²) in [6.07, 6.45) is 4.14. The van der Waals surface area contributed by atoms with Gasteiger partial charge in [-0.05, 0) is 49.6 Å². The van der Waals surface area contributed by atoms with E-state index in [1.807, 2.05) is 41.2 Å². The van der Waals surface area contributed by atoms with Crippen molar-refractivity contribution in [1.82, 2.24) is 15.1 Å². The molecule has 0 aliphatic carbocycles. The molecule has 0 unspecified atom stereocenters. The molecule has 1 aromatic heterocycles. The van der Waals surface area contributed by atoms with Crippen molar-refractivity contribution in [2.45, 2.75) is 19.4 Å². The third kappa shape index (κ3) is 4.66. The van der Waals surface area contributed by atoms with E-state index in [0.29, 0.717) is 29.5 Å². The van der Waals surface area contributed by atoms with E-state index in [4.69, 9.17) is 14.6 Å². The monoisotopic (exact) mass is 395 g/mol. The van der Waals surface area contributed by atoms with Crippen LogP contribution in [0.25, 0.3) is 16.9 Å². The zero-order chi connectivity index (χ0) is 20.1. The molecule has 3 aromatic rings. The molecule has 152 valence electrons. The summed E-state index contributed by atoms with van der Waals surface area (Å²) < 4.78 is 27.1. The Morgan fingerprint density at radius 1 is 1.17 bits per heavy atom. The summed E-state index contributed by atoms with van der Waals surface area (Å²) in [6, 6.07) is 14.8. The molecule has 6 heteroatoms. The van der Waals surface area contributed by atoms with Crippen molar-refractivity contribution in [2.75, 3.05) is 26.9 Å². The number of para-hydroxylation sites is 1. The summed E-state index contributed by atoms with van der Waals surface area (Å²) in [4.78, 5) is 0. The zero-order valence-corrected chi connectivity index (χ0v) is 16.6. The van der Waals surface area contributed by atoms with E-state index in [9.17, 15) is 4.39 Å². The Kier molecular flexibility index (Phi) is 6.22. The maximum absolute atomic E-state index is 14.8. The van der Waals surface area contributed by atoms with Gasteiger partial charge in [0.05, 0.1) is 12.8 Å². The largest absolute Gasteiger partial charge is 0.497 e. The number of methoxy groups -OCH3 is 1. The summed E-state index contributed by atoms with van der Waals surface area (Å²) >= 11 is 0. The van der Waals surface area contributed by atoms with Crippen LogP contribution < -0.4 is 10.1 Å². The third-order valence-corrected chi connectivity index (χ3v) is 5.33. The Morgan fingerprint density at radius 3 is 2.69 bits per heavy atom. The van der Waals surface area contributed by atoms with E-state index in [1.54, 1.807) is 12.1 Å². The molecule has 0 amide bonds. The molecule has 0 saturated carbocycles. The van der Waals surface area contributed by atoms with E-state index in [2.05, 4.69) is 5.32 Å². The first-order valence-electron chi connectivity index (χ1n) is 10.0. The number of nitrogens with one attached hydrogen (secondary N) is 1. The van der Waals surface area contributed by atoms with E-state index in [1.165, 1.54) is 13.2 Å². The van der Waals surface area contributed by atoms with Crippen molar-refractivity contribution >= 4 is 0 Å². The first kappa shape index (κ1) is 19.6. The Hall–Kier alpha value is -2.70. The number of halogens is 1. The lowest BCUT2D eigenvalue weighted by molar-refractivity contribution is 0.0662. The second-order valence-electron chi connectivity index (χ2n) is 7.32. The van der Waals surface area contributed by atoms with Gasteiger partial charge in [0.1, 0.15) is 17.3 Å². The van der Waals surface area contributed by atoms with Gasteiger partial charge in [0.2, 0.25) is 0 Å². The Bertz CT molecular complexity index is 937. The van der Waals surface area contributed by atoms with Crippen LogP contribution in [0.4, 0.5) is 4.39 Å². The Balaban J connectivity index is 1.60. The molecule has 1 aliphatic heterocycles. The van der Waals surface area contributed by atoms with Crippen molar-refractivity contribution in [3.8, 4) is 22.7 Å². The second-order valence-corrected chi connectivity index (χ2v) is 7.32. The maximum atomic E-state index is 14.8. The van der Waals surface area contributed by atoms with E-state index in [-0.39, 0.29) is 5.82 Å². The molecule has 2 aromatic carbocycles. The summed E-state index contributed by atoms with van der Waals surface area (Å²) in [6.45, 7) is 3.22. The number of hydrogen-bond acceptors (Lipinski definition) is 4. The SMILES string of the molecule is COc1ccc(-c2nn(-c3ccccc3)cc2CNCC2CCOCC2)c(F)c1. The van der Waals surface area contributed by atoms with Gasteiger partial charge in [-0.1, -0.05) is 18.2 Å². The molecular formula is C23H26FN3O2. The quantitative estimate of drug-likeness (QED) is 0.651. The van der Waals surface area contributed by atoms with Crippen LogP contribution in [0.3, 0.4) is 0 Å². The lowest BCUT2D eigenvalue weighted by Gasteiger charge is -2.22. The topological polar surface area (TPSA) is 48.3 Å². The fourth-order valence-electron chi connectivity index (χ4n) is 3.66. The second kappa shape index (κ2) is 9.20. The van der Waals surface area contributed by atoms with Gasteiger partial charge in [-0.25, -0.2) is 9.07 Å². The third-order valence-electron chi connectivity index (χ3n) is 5.33. The van der Waals surface area contributed by atoms with Gasteiger partial charge in [0.25, 0.3) is 0 Å². The summed E-state index contributed by atoms with van der Waals surface area (Å²) in [5.41, 5.74) is 3.03. The molecule has 29 heavy (non-hydrogen) atoms. The molecule has 1 aliphatic rings. The minimum absolute atomic E-state index is 0.339. The van der Waals surface area contributed by atoms with Crippen LogP contribution in [0.1, 0.15) is 18.4 Å². The van der Waals surface area contributed by atoms with Crippen molar-refractivity contribution in [3.05, 3.63) is 66.1 Å². The number of hydrogen-bond donors (Lipinski definition) is 1. The summed E-state index contributed by atoms with van der Waals surface area (Å²) in [7, 11) is 1.53. The number of ether oxygens (including phenoxy) is 2. The molecule has 0 bridgehead atoms. The molecule has 0 radical (unpaired) electrons. The van der Waals surface area contributed by atoms with Crippen LogP contribution in [0, 0.1) is 11.7 Å². The van der Waals surface area contributed by atoms with Crippen LogP contribution in [0.15, 0.2) is 54.7 Å². The highest BCUT2D eigenvalue weighted by molar-refractivity contribution is 5.65. The molecule has 1 N–H and O–H groups in total. The molecule has 0 atom stereocenters. The van der Waals surface area contributed by atoms with Gasteiger partial charge in [0, 0.05) is 43.1 Å². The highest BCUT2D eigenvalue weighted by Gasteiger charge is 2.18. The maximum Gasteiger partial charge on any atom is 0.136 e. The summed E-state index contributed by atoms with van der Waals surface area (Å²) in [5, 5.41) is 8.24. The van der Waals surface area contributed by atoms with Gasteiger partial charge in [-0.3, -0.25) is 0 Å². The molecular weight excluding hydrogens is 369 g/mol. The number of aromatic nitrogens is 2. The zero-order valence-electron chi connectivity index (χ0n) is 16.6. The van der Waals surface area contributed by atoms with Crippen molar-refractivity contribution in [2.24, 2.45) is 5.92 Å². The first-order valence-corrected chi connectivity index (χ1v) is 10.0. The number of benzene rings is 2. The summed E-state index contributed by atoms with van der Waals surface area (Å²) in [5.74, 6) is 0.773. The number of rotatable bonds is 7. The van der Waals surface area contributed by atoms with Crippen molar-refractivity contribution in [3.63, 3.8) is 0 Å². The van der Waals surface area contributed by atoms with E-state index < -0.39 is 0 Å². The molecule has 5 nitrogen and oxygen atoms in total. The van der Waals surface area contributed by atoms with E-state index >= 15 is 0 Å². The highest BCUT2D eigenvalue weighted by Crippen LogP contribution is 2.29. The van der Waals surface area contributed by atoms with Gasteiger partial charge in [0.15, 0.2) is 0 Å². The van der Waals surface area contributed by atoms with Gasteiger partial charge >= 0.3 is 0 Å². The first-order chi connectivity index (χ1) is 14.2. The van der Waals surface area contributed by atoms with Crippen molar-refractivity contribution in [1.29, 1.82) is 0 Å². The molecule has 0 spiro atoms. The lowest BCUT2D eigenvalue weighted by Crippen LogP contribution is -2.27. The smallest absolute Gasteiger partial charge is 0.136 e. The molecule has 2 heterocycles. The van der Waals surface area contributed by atoms with Gasteiger partial charge in [-0.15, -0.1) is 0 Å². The average molecular weight is 395 g/mol. The minimum Gasteiger partial charge on any atom is -0.497 e. The molecule has 1 saturated heterocycles. The van der Waals surface area contributed by atoms with Crippen LogP contribution in [0.5, 0.6) is 5.75 Å². The van der Waals surface area contributed by atoms with Crippen LogP contribution in [0.2, 0.25) is 0 Å². The number of nitrogens with zero attached hydrogens (tertiary/aromatic N) is 2. The van der Waals surface area contributed by atoms with Crippen molar-refractivity contribution < 1.29 is 13.9 Å². The predicted octanol–water partition coefficient (Wildman–Crippen LogP) is 4.20. The Morgan fingerprint density at radius 2 is 1.97 bits per heavy atom. The van der Waals surface area contributed by atoms with Crippen LogP contribution in [-0.4, -0.2) is 36.6 Å². The van der Waals surface area contributed by atoms with Gasteiger partial charge in [-0.2, -0.15) is 5.10 Å². The Labute approximate surface area is 170 Å². The van der Waals surface area contributed by atoms with Crippen LogP contribution in [-0.2, 0) is 11.3 Å². The van der Waals surface area contributed by atoms with E-state index in [0.717, 1.165) is 43.9 Å². The van der Waals surface area contributed by atoms with Crippen LogP contribution >= 0.6 is 0 Å². The lowest BCUT2D eigenvalue weighted by atomic mass is 10.0. The normalized spacial score (nSPS) is 14.8. The fraction of sp³-hybridized carbons (Fsp3) is 0.348. The molecule has 1 fully saturated rings. The predicted molar refractivity (Wildman–Crippen MR) is 111 cm³/mol.